The minimum absolute atomic E-state index is 0.672. The van der Waals surface area contributed by atoms with Crippen molar-refractivity contribution in [1.82, 2.24) is 0 Å². The van der Waals surface area contributed by atoms with Crippen molar-refractivity contribution in [2.24, 2.45) is 0 Å². The third-order valence-electron chi connectivity index (χ3n) is 4.98. The highest BCUT2D eigenvalue weighted by atomic mass is 16.1. The van der Waals surface area contributed by atoms with Crippen molar-refractivity contribution in [3.8, 4) is 0 Å². The Morgan fingerprint density at radius 3 is 1.57 bits per heavy atom. The maximum absolute atomic E-state index is 10.8. The van der Waals surface area contributed by atoms with E-state index < -0.39 is 0 Å². The highest BCUT2D eigenvalue weighted by molar-refractivity contribution is 5.95. The van der Waals surface area contributed by atoms with Crippen LogP contribution in [0.2, 0.25) is 0 Å². The molecule has 2 nitrogen and oxygen atoms in total. The first-order valence-corrected chi connectivity index (χ1v) is 9.74. The van der Waals surface area contributed by atoms with Crippen molar-refractivity contribution in [3.05, 3.63) is 118 Å². The van der Waals surface area contributed by atoms with E-state index in [2.05, 4.69) is 42.5 Å². The minimum atomic E-state index is 0.672. The standard InChI is InChI=1S/C28H20O2/c29-19-23-10-5-21(6-11-23)9-14-25-17-26-3-1-2-4-28(26)27(18-25)16-15-22-7-12-24(20-30)13-8-22/h1-20H/b14-9-,16-15-. The smallest absolute Gasteiger partial charge is 0.150 e. The molecule has 4 rings (SSSR count). The molecule has 0 atom stereocenters. The highest BCUT2D eigenvalue weighted by Crippen LogP contribution is 2.24. The Hall–Kier alpha value is -4.04. The molecule has 4 aromatic rings. The monoisotopic (exact) mass is 388 g/mol. The van der Waals surface area contributed by atoms with Gasteiger partial charge in [0.2, 0.25) is 0 Å². The lowest BCUT2D eigenvalue weighted by Gasteiger charge is -2.06. The van der Waals surface area contributed by atoms with Crippen LogP contribution < -0.4 is 0 Å². The van der Waals surface area contributed by atoms with Crippen LogP contribution in [0.5, 0.6) is 0 Å². The predicted octanol–water partition coefficient (Wildman–Crippen LogP) is 6.81. The molecule has 0 radical (unpaired) electrons. The lowest BCUT2D eigenvalue weighted by molar-refractivity contribution is 0.111. The zero-order valence-corrected chi connectivity index (χ0v) is 16.4. The maximum Gasteiger partial charge on any atom is 0.150 e. The van der Waals surface area contributed by atoms with Gasteiger partial charge in [-0.3, -0.25) is 9.59 Å². The number of rotatable bonds is 6. The summed E-state index contributed by atoms with van der Waals surface area (Å²) in [5, 5.41) is 2.36. The topological polar surface area (TPSA) is 34.1 Å². The van der Waals surface area contributed by atoms with Crippen molar-refractivity contribution in [2.75, 3.05) is 0 Å². The fourth-order valence-corrected chi connectivity index (χ4v) is 3.35. The summed E-state index contributed by atoms with van der Waals surface area (Å²) in [5.74, 6) is 0. The van der Waals surface area contributed by atoms with Gasteiger partial charge in [0.05, 0.1) is 0 Å². The van der Waals surface area contributed by atoms with Crippen molar-refractivity contribution < 1.29 is 9.59 Å². The van der Waals surface area contributed by atoms with Crippen LogP contribution in [0.25, 0.3) is 35.1 Å². The fraction of sp³-hybridized carbons (Fsp3) is 0. The van der Waals surface area contributed by atoms with E-state index in [4.69, 9.17) is 0 Å². The molecule has 0 aliphatic rings. The quantitative estimate of drug-likeness (QED) is 0.269. The van der Waals surface area contributed by atoms with Crippen molar-refractivity contribution in [1.29, 1.82) is 0 Å². The predicted molar refractivity (Wildman–Crippen MR) is 125 cm³/mol. The van der Waals surface area contributed by atoms with Gasteiger partial charge in [-0.25, -0.2) is 0 Å². The summed E-state index contributed by atoms with van der Waals surface area (Å²) in [5.41, 5.74) is 5.66. The Bertz CT molecular complexity index is 1240. The van der Waals surface area contributed by atoms with E-state index in [9.17, 15) is 9.59 Å². The SMILES string of the molecule is O=Cc1ccc(/C=C\c2cc(/C=C\c3ccc(C=O)cc3)c3ccccc3c2)cc1. The molecule has 0 heterocycles. The Morgan fingerprint density at radius 2 is 0.967 bits per heavy atom. The number of fused-ring (bicyclic) bond motifs is 1. The molecule has 0 unspecified atom stereocenters. The van der Waals surface area contributed by atoms with Gasteiger partial charge in [0.15, 0.2) is 0 Å². The molecule has 0 fully saturated rings. The van der Waals surface area contributed by atoms with E-state index in [0.717, 1.165) is 34.8 Å². The molecule has 30 heavy (non-hydrogen) atoms. The van der Waals surface area contributed by atoms with Gasteiger partial charge in [0, 0.05) is 11.1 Å². The van der Waals surface area contributed by atoms with Gasteiger partial charge in [-0.2, -0.15) is 0 Å². The normalized spacial score (nSPS) is 11.3. The summed E-state index contributed by atoms with van der Waals surface area (Å²) < 4.78 is 0. The molecular weight excluding hydrogens is 368 g/mol. The van der Waals surface area contributed by atoms with E-state index in [-0.39, 0.29) is 0 Å². The third kappa shape index (κ3) is 4.50. The molecule has 0 amide bonds. The average molecular weight is 388 g/mol. The highest BCUT2D eigenvalue weighted by Gasteiger charge is 2.01. The largest absolute Gasteiger partial charge is 0.298 e. The first kappa shape index (κ1) is 19.3. The lowest BCUT2D eigenvalue weighted by atomic mass is 9.99. The molecular formula is C28H20O2. The van der Waals surface area contributed by atoms with Gasteiger partial charge in [0.25, 0.3) is 0 Å². The summed E-state index contributed by atoms with van der Waals surface area (Å²) in [6.45, 7) is 0. The lowest BCUT2D eigenvalue weighted by Crippen LogP contribution is -1.83. The summed E-state index contributed by atoms with van der Waals surface area (Å²) in [6.07, 6.45) is 9.99. The van der Waals surface area contributed by atoms with Gasteiger partial charge in [-0.05, 0) is 45.2 Å². The van der Waals surface area contributed by atoms with E-state index in [0.29, 0.717) is 11.1 Å². The molecule has 0 spiro atoms. The van der Waals surface area contributed by atoms with Crippen LogP contribution in [0.3, 0.4) is 0 Å². The van der Waals surface area contributed by atoms with Crippen molar-refractivity contribution >= 4 is 47.6 Å². The maximum atomic E-state index is 10.8. The number of benzene rings is 4. The van der Waals surface area contributed by atoms with Crippen LogP contribution in [0.1, 0.15) is 43.0 Å². The number of hydrogen-bond donors (Lipinski definition) is 0. The average Bonchev–Trinajstić information content (AvgIpc) is 2.81. The van der Waals surface area contributed by atoms with Gasteiger partial charge >= 0.3 is 0 Å². The van der Waals surface area contributed by atoms with Gasteiger partial charge in [-0.1, -0.05) is 97.1 Å². The second kappa shape index (κ2) is 8.97. The van der Waals surface area contributed by atoms with Gasteiger partial charge in [0.1, 0.15) is 12.6 Å². The first-order chi connectivity index (χ1) is 14.7. The molecule has 0 aliphatic carbocycles. The van der Waals surface area contributed by atoms with E-state index >= 15 is 0 Å². The van der Waals surface area contributed by atoms with Crippen LogP contribution in [0.4, 0.5) is 0 Å². The summed E-state index contributed by atoms with van der Waals surface area (Å²) in [6, 6.07) is 27.7. The molecule has 0 aliphatic heterocycles. The Balaban J connectivity index is 1.67. The van der Waals surface area contributed by atoms with E-state index in [1.165, 1.54) is 10.8 Å². The van der Waals surface area contributed by atoms with Gasteiger partial charge in [-0.15, -0.1) is 0 Å². The van der Waals surface area contributed by atoms with Crippen LogP contribution >= 0.6 is 0 Å². The number of carbonyl (C=O) groups is 2. The Labute approximate surface area is 175 Å². The van der Waals surface area contributed by atoms with E-state index in [1.54, 1.807) is 0 Å². The summed E-state index contributed by atoms with van der Waals surface area (Å²) in [7, 11) is 0. The molecule has 0 aromatic heterocycles. The van der Waals surface area contributed by atoms with Gasteiger partial charge < -0.3 is 0 Å². The van der Waals surface area contributed by atoms with Crippen LogP contribution in [0.15, 0.2) is 84.9 Å². The summed E-state index contributed by atoms with van der Waals surface area (Å²) in [4.78, 5) is 21.7. The zero-order valence-electron chi connectivity index (χ0n) is 16.4. The van der Waals surface area contributed by atoms with Crippen molar-refractivity contribution in [2.45, 2.75) is 0 Å². The third-order valence-corrected chi connectivity index (χ3v) is 4.98. The van der Waals surface area contributed by atoms with Crippen molar-refractivity contribution in [3.63, 3.8) is 0 Å². The molecule has 2 heteroatoms. The zero-order chi connectivity index (χ0) is 20.8. The van der Waals surface area contributed by atoms with Crippen LogP contribution in [-0.2, 0) is 0 Å². The second-order valence-corrected chi connectivity index (χ2v) is 7.07. The number of carbonyl (C=O) groups excluding carboxylic acids is 2. The molecule has 0 saturated carbocycles. The second-order valence-electron chi connectivity index (χ2n) is 7.07. The minimum Gasteiger partial charge on any atom is -0.298 e. The molecule has 0 saturated heterocycles. The van der Waals surface area contributed by atoms with E-state index in [1.807, 2.05) is 66.7 Å². The molecule has 0 N–H and O–H groups in total. The molecule has 0 bridgehead atoms. The van der Waals surface area contributed by atoms with Crippen LogP contribution in [0, 0.1) is 0 Å². The molecule has 4 aromatic carbocycles. The Kier molecular flexibility index (Phi) is 5.77. The first-order valence-electron chi connectivity index (χ1n) is 9.74. The fourth-order valence-electron chi connectivity index (χ4n) is 3.35. The number of hydrogen-bond acceptors (Lipinski definition) is 2. The number of aldehydes is 2. The summed E-state index contributed by atoms with van der Waals surface area (Å²) >= 11 is 0. The molecule has 144 valence electrons. The Morgan fingerprint density at radius 1 is 0.467 bits per heavy atom. The van der Waals surface area contributed by atoms with Crippen LogP contribution in [-0.4, -0.2) is 12.6 Å².